The quantitative estimate of drug-likeness (QED) is 0.938. The van der Waals surface area contributed by atoms with Gasteiger partial charge in [0, 0.05) is 31.7 Å². The number of nitrogens with zero attached hydrogens (tertiary/aromatic N) is 3. The van der Waals surface area contributed by atoms with Crippen molar-refractivity contribution in [1.82, 2.24) is 20.4 Å². The number of piperazine rings is 1. The maximum absolute atomic E-state index is 5.47. The molecule has 5 nitrogen and oxygen atoms in total. The van der Waals surface area contributed by atoms with Crippen LogP contribution in [-0.2, 0) is 0 Å². The summed E-state index contributed by atoms with van der Waals surface area (Å²) in [6.07, 6.45) is 0. The highest BCUT2D eigenvalue weighted by Gasteiger charge is 2.22. The van der Waals surface area contributed by atoms with Gasteiger partial charge in [0.05, 0.1) is 6.04 Å². The predicted molar refractivity (Wildman–Crippen MR) is 82.1 cm³/mol. The van der Waals surface area contributed by atoms with E-state index in [-0.39, 0.29) is 6.04 Å². The molecule has 0 aliphatic carbocycles. The molecule has 0 radical (unpaired) electrons. The fourth-order valence-corrected chi connectivity index (χ4v) is 2.85. The van der Waals surface area contributed by atoms with Crippen molar-refractivity contribution in [3.63, 3.8) is 0 Å². The van der Waals surface area contributed by atoms with Crippen LogP contribution in [0, 0.1) is 13.8 Å². The molecule has 1 aliphatic rings. The van der Waals surface area contributed by atoms with Crippen LogP contribution >= 0.6 is 0 Å². The summed E-state index contributed by atoms with van der Waals surface area (Å²) in [5.74, 6) is 1.38. The molecule has 5 heteroatoms. The van der Waals surface area contributed by atoms with Gasteiger partial charge in [0.1, 0.15) is 0 Å². The average molecular weight is 286 g/mol. The summed E-state index contributed by atoms with van der Waals surface area (Å²) in [6.45, 7) is 10.4. The second-order valence-electron chi connectivity index (χ2n) is 5.80. The summed E-state index contributed by atoms with van der Waals surface area (Å²) in [5.41, 5.74) is 3.42. The highest BCUT2D eigenvalue weighted by molar-refractivity contribution is 5.55. The first kappa shape index (κ1) is 14.2. The standard InChI is InChI=1S/C16H22N4O/c1-11-8-12(2)10-14(9-11)16-18-15(19-21-16)13(3)20-6-4-17-5-7-20/h8-10,13,17H,4-7H2,1-3H3. The Morgan fingerprint density at radius 2 is 1.81 bits per heavy atom. The molecule has 1 aliphatic heterocycles. The molecular weight excluding hydrogens is 264 g/mol. The molecule has 1 aromatic carbocycles. The molecule has 1 saturated heterocycles. The molecule has 1 atom stereocenters. The van der Waals surface area contributed by atoms with Crippen LogP contribution in [0.5, 0.6) is 0 Å². The van der Waals surface area contributed by atoms with Crippen molar-refractivity contribution < 1.29 is 4.52 Å². The number of hydrogen-bond acceptors (Lipinski definition) is 5. The molecular formula is C16H22N4O. The van der Waals surface area contributed by atoms with E-state index in [0.717, 1.165) is 37.6 Å². The van der Waals surface area contributed by atoms with E-state index in [1.807, 2.05) is 0 Å². The van der Waals surface area contributed by atoms with E-state index >= 15 is 0 Å². The summed E-state index contributed by atoms with van der Waals surface area (Å²) in [6, 6.07) is 6.50. The van der Waals surface area contributed by atoms with Gasteiger partial charge in [-0.3, -0.25) is 4.90 Å². The van der Waals surface area contributed by atoms with Crippen LogP contribution in [0.25, 0.3) is 11.5 Å². The van der Waals surface area contributed by atoms with Gasteiger partial charge in [0.25, 0.3) is 5.89 Å². The van der Waals surface area contributed by atoms with Crippen LogP contribution in [-0.4, -0.2) is 41.2 Å². The fraction of sp³-hybridized carbons (Fsp3) is 0.500. The smallest absolute Gasteiger partial charge is 0.257 e. The van der Waals surface area contributed by atoms with Gasteiger partial charge in [-0.05, 0) is 32.9 Å². The minimum absolute atomic E-state index is 0.190. The van der Waals surface area contributed by atoms with Gasteiger partial charge in [0.2, 0.25) is 0 Å². The van der Waals surface area contributed by atoms with Gasteiger partial charge in [-0.2, -0.15) is 4.98 Å². The molecule has 0 amide bonds. The van der Waals surface area contributed by atoms with E-state index in [1.165, 1.54) is 11.1 Å². The first-order valence-electron chi connectivity index (χ1n) is 7.50. The monoisotopic (exact) mass is 286 g/mol. The Bertz CT molecular complexity index is 596. The number of nitrogens with one attached hydrogen (secondary N) is 1. The highest BCUT2D eigenvalue weighted by atomic mass is 16.5. The highest BCUT2D eigenvalue weighted by Crippen LogP contribution is 2.24. The topological polar surface area (TPSA) is 54.2 Å². The molecule has 2 heterocycles. The molecule has 0 bridgehead atoms. The summed E-state index contributed by atoms with van der Waals surface area (Å²) in [4.78, 5) is 6.98. The van der Waals surface area contributed by atoms with Crippen molar-refractivity contribution in [3.05, 3.63) is 35.2 Å². The summed E-state index contributed by atoms with van der Waals surface area (Å²) < 4.78 is 5.47. The average Bonchev–Trinajstić information content (AvgIpc) is 2.96. The zero-order valence-electron chi connectivity index (χ0n) is 12.9. The van der Waals surface area contributed by atoms with E-state index in [0.29, 0.717) is 5.89 Å². The van der Waals surface area contributed by atoms with E-state index in [2.05, 4.69) is 59.3 Å². The first-order chi connectivity index (χ1) is 10.1. The third-order valence-electron chi connectivity index (χ3n) is 3.98. The van der Waals surface area contributed by atoms with Crippen molar-refractivity contribution in [3.8, 4) is 11.5 Å². The lowest BCUT2D eigenvalue weighted by Gasteiger charge is -2.30. The van der Waals surface area contributed by atoms with Crippen molar-refractivity contribution in [2.24, 2.45) is 0 Å². The van der Waals surface area contributed by atoms with Crippen molar-refractivity contribution in [2.45, 2.75) is 26.8 Å². The van der Waals surface area contributed by atoms with Gasteiger partial charge in [-0.25, -0.2) is 0 Å². The Hall–Kier alpha value is -1.72. The summed E-state index contributed by atoms with van der Waals surface area (Å²) >= 11 is 0. The third-order valence-corrected chi connectivity index (χ3v) is 3.98. The largest absolute Gasteiger partial charge is 0.334 e. The number of aryl methyl sites for hydroxylation is 2. The van der Waals surface area contributed by atoms with Crippen LogP contribution in [0.1, 0.15) is 29.9 Å². The Labute approximate surface area is 125 Å². The van der Waals surface area contributed by atoms with Gasteiger partial charge in [-0.15, -0.1) is 0 Å². The Morgan fingerprint density at radius 3 is 2.48 bits per heavy atom. The first-order valence-corrected chi connectivity index (χ1v) is 7.50. The number of rotatable bonds is 3. The molecule has 1 N–H and O–H groups in total. The fourth-order valence-electron chi connectivity index (χ4n) is 2.85. The zero-order valence-corrected chi connectivity index (χ0v) is 12.9. The Balaban J connectivity index is 1.82. The van der Waals surface area contributed by atoms with Crippen LogP contribution in [0.3, 0.4) is 0 Å². The van der Waals surface area contributed by atoms with Crippen LogP contribution < -0.4 is 5.32 Å². The van der Waals surface area contributed by atoms with E-state index in [9.17, 15) is 0 Å². The molecule has 1 unspecified atom stereocenters. The van der Waals surface area contributed by atoms with Crippen LogP contribution in [0.15, 0.2) is 22.7 Å². The molecule has 1 fully saturated rings. The molecule has 2 aromatic rings. The van der Waals surface area contributed by atoms with Gasteiger partial charge in [-0.1, -0.05) is 22.3 Å². The van der Waals surface area contributed by atoms with Gasteiger partial charge < -0.3 is 9.84 Å². The second-order valence-corrected chi connectivity index (χ2v) is 5.80. The Kier molecular flexibility index (Phi) is 4.03. The second kappa shape index (κ2) is 5.95. The molecule has 0 spiro atoms. The van der Waals surface area contributed by atoms with Crippen molar-refractivity contribution in [2.75, 3.05) is 26.2 Å². The summed E-state index contributed by atoms with van der Waals surface area (Å²) in [5, 5.41) is 7.54. The number of benzene rings is 1. The lowest BCUT2D eigenvalue weighted by atomic mass is 10.1. The minimum Gasteiger partial charge on any atom is -0.334 e. The molecule has 21 heavy (non-hydrogen) atoms. The van der Waals surface area contributed by atoms with E-state index in [4.69, 9.17) is 4.52 Å². The SMILES string of the molecule is Cc1cc(C)cc(-c2nc(C(C)N3CCNCC3)no2)c1. The van der Waals surface area contributed by atoms with Gasteiger partial charge in [0.15, 0.2) is 5.82 Å². The van der Waals surface area contributed by atoms with Crippen molar-refractivity contribution >= 4 is 0 Å². The van der Waals surface area contributed by atoms with Crippen LogP contribution in [0.4, 0.5) is 0 Å². The zero-order chi connectivity index (χ0) is 14.8. The van der Waals surface area contributed by atoms with Crippen LogP contribution in [0.2, 0.25) is 0 Å². The normalized spacial score (nSPS) is 17.9. The maximum atomic E-state index is 5.47. The molecule has 1 aromatic heterocycles. The lowest BCUT2D eigenvalue weighted by Crippen LogP contribution is -2.44. The van der Waals surface area contributed by atoms with E-state index < -0.39 is 0 Å². The third kappa shape index (κ3) is 3.14. The summed E-state index contributed by atoms with van der Waals surface area (Å²) in [7, 11) is 0. The molecule has 112 valence electrons. The number of hydrogen-bond donors (Lipinski definition) is 1. The lowest BCUT2D eigenvalue weighted by molar-refractivity contribution is 0.176. The van der Waals surface area contributed by atoms with Gasteiger partial charge >= 0.3 is 0 Å². The van der Waals surface area contributed by atoms with Crippen molar-refractivity contribution in [1.29, 1.82) is 0 Å². The number of aromatic nitrogens is 2. The Morgan fingerprint density at radius 1 is 1.14 bits per heavy atom. The van der Waals surface area contributed by atoms with E-state index in [1.54, 1.807) is 0 Å². The molecule has 3 rings (SSSR count). The minimum atomic E-state index is 0.190. The maximum Gasteiger partial charge on any atom is 0.257 e. The molecule has 0 saturated carbocycles. The predicted octanol–water partition coefficient (Wildman–Crippen LogP) is 2.32.